The molecule has 3 rings (SSSR count). The molecule has 1 amide bonds. The van der Waals surface area contributed by atoms with Crippen molar-refractivity contribution >= 4 is 17.6 Å². The van der Waals surface area contributed by atoms with Crippen molar-refractivity contribution in [2.45, 2.75) is 13.0 Å². The van der Waals surface area contributed by atoms with Crippen LogP contribution >= 0.6 is 0 Å². The molecular weight excluding hydrogens is 334 g/mol. The molecule has 8 heteroatoms. The number of anilines is 1. The summed E-state index contributed by atoms with van der Waals surface area (Å²) >= 11 is 0. The maximum Gasteiger partial charge on any atom is 0.338 e. The SMILES string of the molecule is C[C@H](OC(=O)c1cccc(-n2cnnn2)c1)C(=O)N(C)c1ccccc1. The smallest absolute Gasteiger partial charge is 0.338 e. The van der Waals surface area contributed by atoms with Crippen molar-refractivity contribution in [3.05, 3.63) is 66.5 Å². The van der Waals surface area contributed by atoms with E-state index in [0.717, 1.165) is 5.69 Å². The Balaban J connectivity index is 1.69. The Bertz CT molecular complexity index is 896. The fraction of sp³-hybridized carbons (Fsp3) is 0.167. The van der Waals surface area contributed by atoms with Crippen molar-refractivity contribution in [2.24, 2.45) is 0 Å². The van der Waals surface area contributed by atoms with Crippen LogP contribution in [0.5, 0.6) is 0 Å². The number of benzene rings is 2. The monoisotopic (exact) mass is 351 g/mol. The van der Waals surface area contributed by atoms with E-state index in [1.165, 1.54) is 15.9 Å². The first kappa shape index (κ1) is 17.3. The molecule has 0 saturated heterocycles. The van der Waals surface area contributed by atoms with Crippen LogP contribution in [0, 0.1) is 0 Å². The third kappa shape index (κ3) is 3.75. The average molecular weight is 351 g/mol. The number of carbonyl (C=O) groups is 2. The predicted octanol–water partition coefficient (Wildman–Crippen LogP) is 1.87. The van der Waals surface area contributed by atoms with Crippen molar-refractivity contribution in [1.82, 2.24) is 20.2 Å². The number of likely N-dealkylation sites (N-methyl/N-ethyl adjacent to an activating group) is 1. The molecule has 0 spiro atoms. The molecule has 26 heavy (non-hydrogen) atoms. The normalized spacial score (nSPS) is 11.6. The van der Waals surface area contributed by atoms with Crippen molar-refractivity contribution in [2.75, 3.05) is 11.9 Å². The van der Waals surface area contributed by atoms with Gasteiger partial charge in [-0.1, -0.05) is 24.3 Å². The Morgan fingerprint density at radius 2 is 1.88 bits per heavy atom. The minimum atomic E-state index is -0.926. The van der Waals surface area contributed by atoms with Crippen LogP contribution in [0.2, 0.25) is 0 Å². The molecule has 132 valence electrons. The minimum absolute atomic E-state index is 0.306. The highest BCUT2D eigenvalue weighted by molar-refractivity contribution is 5.98. The zero-order chi connectivity index (χ0) is 18.5. The van der Waals surface area contributed by atoms with Gasteiger partial charge in [0.1, 0.15) is 6.33 Å². The number of para-hydroxylation sites is 1. The van der Waals surface area contributed by atoms with E-state index in [2.05, 4.69) is 15.5 Å². The second-order valence-electron chi connectivity index (χ2n) is 5.59. The number of ether oxygens (including phenoxy) is 1. The molecule has 1 atom stereocenters. The van der Waals surface area contributed by atoms with E-state index in [-0.39, 0.29) is 5.91 Å². The van der Waals surface area contributed by atoms with E-state index in [4.69, 9.17) is 4.74 Å². The molecule has 0 saturated carbocycles. The number of hydrogen-bond acceptors (Lipinski definition) is 6. The quantitative estimate of drug-likeness (QED) is 0.652. The number of carbonyl (C=O) groups excluding carboxylic acids is 2. The summed E-state index contributed by atoms with van der Waals surface area (Å²) in [6.07, 6.45) is 0.496. The third-order valence-corrected chi connectivity index (χ3v) is 3.80. The molecular formula is C18H17N5O3. The summed E-state index contributed by atoms with van der Waals surface area (Å²) in [5.74, 6) is -0.914. The van der Waals surface area contributed by atoms with E-state index in [1.54, 1.807) is 38.2 Å². The Kier molecular flexibility index (Phi) is 5.02. The third-order valence-electron chi connectivity index (χ3n) is 3.80. The first-order valence-electron chi connectivity index (χ1n) is 7.93. The summed E-state index contributed by atoms with van der Waals surface area (Å²) in [5, 5.41) is 10.9. The standard InChI is InChI=1S/C18H17N5O3/c1-13(17(24)22(2)15-8-4-3-5-9-15)26-18(25)14-7-6-10-16(11-14)23-12-19-20-21-23/h3-13H,1-2H3/t13-/m0/s1. The van der Waals surface area contributed by atoms with Gasteiger partial charge < -0.3 is 9.64 Å². The number of esters is 1. The lowest BCUT2D eigenvalue weighted by Crippen LogP contribution is -2.37. The van der Waals surface area contributed by atoms with Crippen LogP contribution in [0.3, 0.4) is 0 Å². The summed E-state index contributed by atoms with van der Waals surface area (Å²) in [6, 6.07) is 15.8. The molecule has 0 N–H and O–H groups in total. The predicted molar refractivity (Wildman–Crippen MR) is 93.9 cm³/mol. The Hall–Kier alpha value is -3.55. The Labute approximate surface area is 150 Å². The lowest BCUT2D eigenvalue weighted by Gasteiger charge is -2.21. The zero-order valence-corrected chi connectivity index (χ0v) is 14.3. The summed E-state index contributed by atoms with van der Waals surface area (Å²) < 4.78 is 6.75. The second kappa shape index (κ2) is 7.56. The van der Waals surface area contributed by atoms with Crippen LogP contribution in [-0.4, -0.2) is 45.2 Å². The van der Waals surface area contributed by atoms with Crippen LogP contribution in [0.25, 0.3) is 5.69 Å². The molecule has 1 heterocycles. The maximum atomic E-state index is 12.5. The highest BCUT2D eigenvalue weighted by Gasteiger charge is 2.23. The largest absolute Gasteiger partial charge is 0.449 e. The van der Waals surface area contributed by atoms with Crippen LogP contribution in [0.1, 0.15) is 17.3 Å². The zero-order valence-electron chi connectivity index (χ0n) is 14.3. The van der Waals surface area contributed by atoms with Crippen molar-refractivity contribution in [3.8, 4) is 5.69 Å². The van der Waals surface area contributed by atoms with Crippen molar-refractivity contribution < 1.29 is 14.3 Å². The molecule has 0 bridgehead atoms. The Morgan fingerprint density at radius 1 is 1.12 bits per heavy atom. The van der Waals surface area contributed by atoms with Gasteiger partial charge >= 0.3 is 5.97 Å². The van der Waals surface area contributed by atoms with E-state index >= 15 is 0 Å². The van der Waals surface area contributed by atoms with Crippen LogP contribution in [0.15, 0.2) is 60.9 Å². The van der Waals surface area contributed by atoms with E-state index < -0.39 is 12.1 Å². The summed E-state index contributed by atoms with van der Waals surface area (Å²) in [6.45, 7) is 1.55. The first-order chi connectivity index (χ1) is 12.6. The minimum Gasteiger partial charge on any atom is -0.449 e. The van der Waals surface area contributed by atoms with Gasteiger partial charge in [-0.3, -0.25) is 4.79 Å². The lowest BCUT2D eigenvalue weighted by atomic mass is 10.2. The van der Waals surface area contributed by atoms with Gasteiger partial charge in [0.15, 0.2) is 6.10 Å². The molecule has 0 aliphatic heterocycles. The topological polar surface area (TPSA) is 90.2 Å². The Morgan fingerprint density at radius 3 is 2.58 bits per heavy atom. The van der Waals surface area contributed by atoms with Crippen LogP contribution < -0.4 is 4.90 Å². The number of hydrogen-bond donors (Lipinski definition) is 0. The number of nitrogens with zero attached hydrogens (tertiary/aromatic N) is 5. The van der Waals surface area contributed by atoms with Gasteiger partial charge in [-0.05, 0) is 47.7 Å². The van der Waals surface area contributed by atoms with E-state index in [1.807, 2.05) is 30.3 Å². The second-order valence-corrected chi connectivity index (χ2v) is 5.59. The van der Waals surface area contributed by atoms with Gasteiger partial charge in [-0.15, -0.1) is 5.10 Å². The van der Waals surface area contributed by atoms with Crippen LogP contribution in [0.4, 0.5) is 5.69 Å². The fourth-order valence-corrected chi connectivity index (χ4v) is 2.39. The molecule has 0 aliphatic carbocycles. The first-order valence-corrected chi connectivity index (χ1v) is 7.93. The molecule has 3 aromatic rings. The summed E-state index contributed by atoms with van der Waals surface area (Å²) in [5.41, 5.74) is 1.64. The highest BCUT2D eigenvalue weighted by atomic mass is 16.5. The van der Waals surface area contributed by atoms with Gasteiger partial charge in [0.2, 0.25) is 0 Å². The molecule has 0 radical (unpaired) electrons. The number of aromatic nitrogens is 4. The van der Waals surface area contributed by atoms with Crippen molar-refractivity contribution in [1.29, 1.82) is 0 Å². The molecule has 0 unspecified atom stereocenters. The molecule has 1 aromatic heterocycles. The van der Waals surface area contributed by atoms with E-state index in [0.29, 0.717) is 11.3 Å². The number of rotatable bonds is 5. The van der Waals surface area contributed by atoms with Crippen molar-refractivity contribution in [3.63, 3.8) is 0 Å². The van der Waals surface area contributed by atoms with Gasteiger partial charge in [0.05, 0.1) is 11.3 Å². The van der Waals surface area contributed by atoms with Gasteiger partial charge in [-0.25, -0.2) is 9.48 Å². The van der Waals surface area contributed by atoms with Gasteiger partial charge in [-0.2, -0.15) is 0 Å². The average Bonchev–Trinajstić information content (AvgIpc) is 3.22. The fourth-order valence-electron chi connectivity index (χ4n) is 2.39. The maximum absolute atomic E-state index is 12.5. The number of tetrazole rings is 1. The van der Waals surface area contributed by atoms with E-state index in [9.17, 15) is 9.59 Å². The number of amides is 1. The molecule has 2 aromatic carbocycles. The summed E-state index contributed by atoms with van der Waals surface area (Å²) in [4.78, 5) is 26.3. The molecule has 0 aliphatic rings. The molecule has 0 fully saturated rings. The summed E-state index contributed by atoms with van der Waals surface area (Å²) in [7, 11) is 1.64. The van der Waals surface area contributed by atoms with Gasteiger partial charge in [0.25, 0.3) is 5.91 Å². The lowest BCUT2D eigenvalue weighted by molar-refractivity contribution is -0.126. The van der Waals surface area contributed by atoms with Gasteiger partial charge in [0, 0.05) is 12.7 Å². The van der Waals surface area contributed by atoms with Crippen LogP contribution in [-0.2, 0) is 9.53 Å². The highest BCUT2D eigenvalue weighted by Crippen LogP contribution is 2.15. The molecule has 8 nitrogen and oxygen atoms in total.